The summed E-state index contributed by atoms with van der Waals surface area (Å²) < 4.78 is 14.4. The van der Waals surface area contributed by atoms with Gasteiger partial charge in [-0.25, -0.2) is 4.39 Å². The number of hydrogen-bond acceptors (Lipinski definition) is 2. The molecule has 1 atom stereocenters. The van der Waals surface area contributed by atoms with Crippen molar-refractivity contribution < 1.29 is 4.39 Å². The van der Waals surface area contributed by atoms with Crippen LogP contribution in [0.5, 0.6) is 0 Å². The first-order chi connectivity index (χ1) is 9.72. The quantitative estimate of drug-likeness (QED) is 0.865. The number of halogens is 1. The monoisotopic (exact) mass is 278 g/mol. The molecule has 112 valence electrons. The lowest BCUT2D eigenvalue weighted by molar-refractivity contribution is 0.561. The molecule has 1 aromatic rings. The van der Waals surface area contributed by atoms with E-state index in [1.54, 1.807) is 6.07 Å². The second kappa shape index (κ2) is 7.63. The van der Waals surface area contributed by atoms with Gasteiger partial charge in [0, 0.05) is 19.1 Å². The summed E-state index contributed by atoms with van der Waals surface area (Å²) in [7, 11) is 0. The van der Waals surface area contributed by atoms with Gasteiger partial charge in [0.1, 0.15) is 5.82 Å². The minimum Gasteiger partial charge on any atom is -0.369 e. The number of benzene rings is 1. The van der Waals surface area contributed by atoms with Crippen LogP contribution in [0.1, 0.15) is 57.6 Å². The molecular weight excluding hydrogens is 251 g/mol. The Labute approximate surface area is 122 Å². The van der Waals surface area contributed by atoms with Crippen molar-refractivity contribution in [2.75, 3.05) is 24.5 Å². The van der Waals surface area contributed by atoms with Crippen LogP contribution in [0.3, 0.4) is 0 Å². The molecule has 1 aromatic carbocycles. The fourth-order valence-corrected chi connectivity index (χ4v) is 2.84. The molecule has 1 saturated heterocycles. The molecule has 0 aliphatic carbocycles. The van der Waals surface area contributed by atoms with Crippen LogP contribution < -0.4 is 10.2 Å². The van der Waals surface area contributed by atoms with Crippen LogP contribution in [-0.2, 0) is 0 Å². The molecule has 0 aromatic heterocycles. The lowest BCUT2D eigenvalue weighted by atomic mass is 10.1. The third-order valence-electron chi connectivity index (χ3n) is 4.12. The van der Waals surface area contributed by atoms with E-state index >= 15 is 0 Å². The second-order valence-electron chi connectivity index (χ2n) is 5.79. The summed E-state index contributed by atoms with van der Waals surface area (Å²) in [5.41, 5.74) is 1.81. The van der Waals surface area contributed by atoms with Gasteiger partial charge in [0.15, 0.2) is 0 Å². The fraction of sp³-hybridized carbons (Fsp3) is 0.647. The molecule has 3 heteroatoms. The molecule has 2 rings (SSSR count). The van der Waals surface area contributed by atoms with Gasteiger partial charge >= 0.3 is 0 Å². The summed E-state index contributed by atoms with van der Waals surface area (Å²) in [6.45, 7) is 7.18. The Hall–Kier alpha value is -1.09. The number of hydrogen-bond donors (Lipinski definition) is 1. The minimum absolute atomic E-state index is 0.0745. The fourth-order valence-electron chi connectivity index (χ4n) is 2.84. The normalized spacial score (nSPS) is 17.9. The van der Waals surface area contributed by atoms with Crippen LogP contribution >= 0.6 is 0 Å². The molecule has 1 aliphatic heterocycles. The van der Waals surface area contributed by atoms with Crippen molar-refractivity contribution in [3.8, 4) is 0 Å². The van der Waals surface area contributed by atoms with E-state index in [1.165, 1.54) is 25.7 Å². The first-order valence-electron chi connectivity index (χ1n) is 8.00. The molecular formula is C17H27FN2. The lowest BCUT2D eigenvalue weighted by Crippen LogP contribution is -2.25. The van der Waals surface area contributed by atoms with Crippen molar-refractivity contribution in [3.05, 3.63) is 29.6 Å². The van der Waals surface area contributed by atoms with E-state index < -0.39 is 0 Å². The zero-order valence-corrected chi connectivity index (χ0v) is 12.8. The van der Waals surface area contributed by atoms with E-state index in [0.717, 1.165) is 37.3 Å². The Bertz CT molecular complexity index is 411. The average Bonchev–Trinajstić information content (AvgIpc) is 2.73. The molecule has 1 fully saturated rings. The Balaban J connectivity index is 2.08. The maximum atomic E-state index is 14.4. The largest absolute Gasteiger partial charge is 0.369 e. The predicted molar refractivity (Wildman–Crippen MR) is 83.8 cm³/mol. The molecule has 2 nitrogen and oxygen atoms in total. The highest BCUT2D eigenvalue weighted by Crippen LogP contribution is 2.25. The molecule has 20 heavy (non-hydrogen) atoms. The summed E-state index contributed by atoms with van der Waals surface area (Å²) in [5.74, 6) is -0.0745. The summed E-state index contributed by atoms with van der Waals surface area (Å²) in [5, 5.41) is 3.40. The maximum absolute atomic E-state index is 14.4. The van der Waals surface area contributed by atoms with Gasteiger partial charge in [-0.3, -0.25) is 0 Å². The van der Waals surface area contributed by atoms with E-state index in [1.807, 2.05) is 6.07 Å². The predicted octanol–water partition coefficient (Wildman–Crippen LogP) is 4.27. The molecule has 0 spiro atoms. The van der Waals surface area contributed by atoms with E-state index in [2.05, 4.69) is 30.1 Å². The molecule has 0 radical (unpaired) electrons. The van der Waals surface area contributed by atoms with Crippen LogP contribution in [0.2, 0.25) is 0 Å². The Morgan fingerprint density at radius 1 is 1.20 bits per heavy atom. The maximum Gasteiger partial charge on any atom is 0.146 e. The van der Waals surface area contributed by atoms with Crippen LogP contribution in [0.4, 0.5) is 10.1 Å². The smallest absolute Gasteiger partial charge is 0.146 e. The molecule has 0 amide bonds. The average molecular weight is 278 g/mol. The van der Waals surface area contributed by atoms with Crippen LogP contribution in [-0.4, -0.2) is 19.6 Å². The van der Waals surface area contributed by atoms with Gasteiger partial charge in [-0.2, -0.15) is 0 Å². The molecule has 0 bridgehead atoms. The van der Waals surface area contributed by atoms with Gasteiger partial charge in [0.05, 0.1) is 5.69 Å². The van der Waals surface area contributed by atoms with Crippen molar-refractivity contribution in [2.24, 2.45) is 0 Å². The third kappa shape index (κ3) is 3.95. The van der Waals surface area contributed by atoms with Gasteiger partial charge in [-0.05, 0) is 50.4 Å². The molecule has 0 unspecified atom stereocenters. The summed E-state index contributed by atoms with van der Waals surface area (Å²) in [6.07, 6.45) is 5.99. The highest BCUT2D eigenvalue weighted by atomic mass is 19.1. The number of anilines is 1. The minimum atomic E-state index is -0.0745. The van der Waals surface area contributed by atoms with Crippen molar-refractivity contribution in [1.82, 2.24) is 5.32 Å². The molecule has 1 aliphatic rings. The highest BCUT2D eigenvalue weighted by Gasteiger charge is 2.15. The second-order valence-corrected chi connectivity index (χ2v) is 5.79. The Kier molecular flexibility index (Phi) is 5.84. The van der Waals surface area contributed by atoms with Gasteiger partial charge in [-0.1, -0.05) is 25.8 Å². The van der Waals surface area contributed by atoms with E-state index in [4.69, 9.17) is 0 Å². The summed E-state index contributed by atoms with van der Waals surface area (Å²) in [6, 6.07) is 5.94. The van der Waals surface area contributed by atoms with Gasteiger partial charge < -0.3 is 10.2 Å². The van der Waals surface area contributed by atoms with Crippen LogP contribution in [0.25, 0.3) is 0 Å². The zero-order valence-electron chi connectivity index (χ0n) is 12.8. The SMILES string of the molecule is CCCN[C@@H](C)c1ccc(N2CCCCCC2)c(F)c1. The molecule has 1 heterocycles. The zero-order chi connectivity index (χ0) is 14.4. The van der Waals surface area contributed by atoms with Crippen molar-refractivity contribution >= 4 is 5.69 Å². The first-order valence-corrected chi connectivity index (χ1v) is 8.00. The lowest BCUT2D eigenvalue weighted by Gasteiger charge is -2.24. The number of nitrogens with zero attached hydrogens (tertiary/aromatic N) is 1. The van der Waals surface area contributed by atoms with E-state index in [9.17, 15) is 4.39 Å². The molecule has 0 saturated carbocycles. The van der Waals surface area contributed by atoms with Crippen molar-refractivity contribution in [2.45, 2.75) is 52.0 Å². The van der Waals surface area contributed by atoms with Crippen molar-refractivity contribution in [3.63, 3.8) is 0 Å². The number of nitrogens with one attached hydrogen (secondary N) is 1. The Morgan fingerprint density at radius 3 is 2.50 bits per heavy atom. The third-order valence-corrected chi connectivity index (χ3v) is 4.12. The van der Waals surface area contributed by atoms with E-state index in [0.29, 0.717) is 0 Å². The van der Waals surface area contributed by atoms with Crippen molar-refractivity contribution in [1.29, 1.82) is 0 Å². The number of rotatable bonds is 5. The standard InChI is InChI=1S/C17H27FN2/c1-3-10-19-14(2)15-8-9-17(16(18)13-15)20-11-6-4-5-7-12-20/h8-9,13-14,19H,3-7,10-12H2,1-2H3/t14-/m0/s1. The van der Waals surface area contributed by atoms with Gasteiger partial charge in [0.2, 0.25) is 0 Å². The first kappa shape index (κ1) is 15.3. The summed E-state index contributed by atoms with van der Waals surface area (Å²) >= 11 is 0. The topological polar surface area (TPSA) is 15.3 Å². The Morgan fingerprint density at radius 2 is 1.90 bits per heavy atom. The summed E-state index contributed by atoms with van der Waals surface area (Å²) in [4.78, 5) is 2.20. The van der Waals surface area contributed by atoms with Crippen LogP contribution in [0, 0.1) is 5.82 Å². The van der Waals surface area contributed by atoms with Crippen LogP contribution in [0.15, 0.2) is 18.2 Å². The van der Waals surface area contributed by atoms with Gasteiger partial charge in [0.25, 0.3) is 0 Å². The van der Waals surface area contributed by atoms with Gasteiger partial charge in [-0.15, -0.1) is 0 Å². The van der Waals surface area contributed by atoms with E-state index in [-0.39, 0.29) is 11.9 Å². The highest BCUT2D eigenvalue weighted by molar-refractivity contribution is 5.49. The molecule has 1 N–H and O–H groups in total.